The highest BCUT2D eigenvalue weighted by atomic mass is 32.2. The second-order valence-corrected chi connectivity index (χ2v) is 8.14. The number of anilines is 1. The van der Waals surface area contributed by atoms with E-state index in [9.17, 15) is 21.6 Å². The summed E-state index contributed by atoms with van der Waals surface area (Å²) in [5.74, 6) is -1.16. The Morgan fingerprint density at radius 1 is 1.12 bits per heavy atom. The topological polar surface area (TPSA) is 117 Å². The van der Waals surface area contributed by atoms with Gasteiger partial charge in [-0.05, 0) is 30.7 Å². The zero-order valence-electron chi connectivity index (χ0n) is 16.7. The first-order valence-electron chi connectivity index (χ1n) is 9.40. The lowest BCUT2D eigenvalue weighted by atomic mass is 10.1. The van der Waals surface area contributed by atoms with E-state index in [4.69, 9.17) is 10.00 Å². The van der Waals surface area contributed by atoms with Crippen molar-refractivity contribution >= 4 is 27.1 Å². The molecule has 3 aromatic rings. The molecule has 0 saturated carbocycles. The molecule has 0 unspecified atom stereocenters. The summed E-state index contributed by atoms with van der Waals surface area (Å²) in [4.78, 5) is 8.15. The Labute approximate surface area is 182 Å². The molecular formula is C20H18F3N5O3S. The Morgan fingerprint density at radius 2 is 1.81 bits per heavy atom. The van der Waals surface area contributed by atoms with Gasteiger partial charge in [0.05, 0.1) is 22.7 Å². The van der Waals surface area contributed by atoms with Crippen molar-refractivity contribution in [3.8, 4) is 11.9 Å². The number of alkyl halides is 3. The predicted molar refractivity (Wildman–Crippen MR) is 111 cm³/mol. The van der Waals surface area contributed by atoms with Gasteiger partial charge in [0.2, 0.25) is 11.9 Å². The van der Waals surface area contributed by atoms with Gasteiger partial charge in [0.15, 0.2) is 0 Å². The van der Waals surface area contributed by atoms with Gasteiger partial charge >= 0.3 is 6.18 Å². The fourth-order valence-corrected chi connectivity index (χ4v) is 3.67. The number of para-hydroxylation sites is 2. The van der Waals surface area contributed by atoms with Crippen LogP contribution in [0.3, 0.4) is 0 Å². The molecule has 1 atom stereocenters. The van der Waals surface area contributed by atoms with E-state index in [2.05, 4.69) is 19.4 Å². The summed E-state index contributed by atoms with van der Waals surface area (Å²) in [5.41, 5.74) is 0.126. The van der Waals surface area contributed by atoms with Crippen molar-refractivity contribution in [1.82, 2.24) is 14.7 Å². The third-order valence-electron chi connectivity index (χ3n) is 4.16. The summed E-state index contributed by atoms with van der Waals surface area (Å²) < 4.78 is 75.7. The number of hydrogen-bond donors (Lipinski definition) is 2. The minimum absolute atomic E-state index is 0.00892. The molecule has 0 aliphatic heterocycles. The standard InChI is InChI=1S/C20H18F3N5O3S/c1-2-10-25-32(29,30)28-18-19(27-16-9-4-3-8-15(16)26-18)31-17(20(21,22)23)14-7-5-6-13(11-14)12-24/h3-9,11,17,25H,2,10H2,1H3,(H,26,28)/t17-/m0/s1. The summed E-state index contributed by atoms with van der Waals surface area (Å²) in [6.45, 7) is 1.86. The van der Waals surface area contributed by atoms with Crippen LogP contribution in [0.5, 0.6) is 5.88 Å². The van der Waals surface area contributed by atoms with E-state index in [1.54, 1.807) is 25.1 Å². The number of halogens is 3. The molecule has 0 fully saturated rings. The van der Waals surface area contributed by atoms with E-state index in [1.165, 1.54) is 24.3 Å². The molecule has 0 spiro atoms. The highest BCUT2D eigenvalue weighted by Gasteiger charge is 2.44. The largest absolute Gasteiger partial charge is 0.457 e. The Balaban J connectivity index is 2.09. The summed E-state index contributed by atoms with van der Waals surface area (Å²) in [7, 11) is -4.14. The lowest BCUT2D eigenvalue weighted by Crippen LogP contribution is -2.32. The maximum atomic E-state index is 13.9. The van der Waals surface area contributed by atoms with Gasteiger partial charge in [0.1, 0.15) is 0 Å². The first kappa shape index (κ1) is 23.2. The minimum atomic E-state index is -4.89. The van der Waals surface area contributed by atoms with Crippen molar-refractivity contribution in [3.63, 3.8) is 0 Å². The van der Waals surface area contributed by atoms with Crippen molar-refractivity contribution in [2.24, 2.45) is 0 Å². The van der Waals surface area contributed by atoms with Gasteiger partial charge in [-0.15, -0.1) is 0 Å². The molecule has 2 N–H and O–H groups in total. The van der Waals surface area contributed by atoms with Gasteiger partial charge in [-0.3, -0.25) is 4.72 Å². The maximum absolute atomic E-state index is 13.9. The zero-order chi connectivity index (χ0) is 23.4. The molecule has 0 aliphatic carbocycles. The molecule has 32 heavy (non-hydrogen) atoms. The molecule has 168 valence electrons. The number of rotatable bonds is 8. The fourth-order valence-electron chi connectivity index (χ4n) is 2.74. The molecule has 1 aromatic heterocycles. The molecule has 3 rings (SSSR count). The van der Waals surface area contributed by atoms with Crippen molar-refractivity contribution in [1.29, 1.82) is 5.26 Å². The smallest absolute Gasteiger partial charge is 0.429 e. The normalized spacial score (nSPS) is 12.8. The van der Waals surface area contributed by atoms with Gasteiger partial charge < -0.3 is 4.74 Å². The Hall–Kier alpha value is -3.43. The molecule has 0 saturated heterocycles. The van der Waals surface area contributed by atoms with E-state index in [0.29, 0.717) is 6.42 Å². The van der Waals surface area contributed by atoms with E-state index in [0.717, 1.165) is 12.1 Å². The van der Waals surface area contributed by atoms with Gasteiger partial charge in [-0.25, -0.2) is 9.97 Å². The van der Waals surface area contributed by atoms with Gasteiger partial charge in [-0.1, -0.05) is 31.2 Å². The van der Waals surface area contributed by atoms with Gasteiger partial charge in [0, 0.05) is 12.1 Å². The van der Waals surface area contributed by atoms with Crippen LogP contribution in [-0.2, 0) is 10.2 Å². The van der Waals surface area contributed by atoms with Crippen LogP contribution in [0.4, 0.5) is 19.0 Å². The SMILES string of the molecule is CCCNS(=O)(=O)Nc1nc2ccccc2nc1O[C@@H](c1cccc(C#N)c1)C(F)(F)F. The first-order chi connectivity index (χ1) is 15.1. The number of nitrogens with one attached hydrogen (secondary N) is 2. The van der Waals surface area contributed by atoms with Crippen LogP contribution < -0.4 is 14.2 Å². The lowest BCUT2D eigenvalue weighted by Gasteiger charge is -2.23. The van der Waals surface area contributed by atoms with Crippen LogP contribution in [0.1, 0.15) is 30.6 Å². The van der Waals surface area contributed by atoms with Crippen molar-refractivity contribution in [2.45, 2.75) is 25.6 Å². The summed E-state index contributed by atoms with van der Waals surface area (Å²) >= 11 is 0. The predicted octanol–water partition coefficient (Wildman–Crippen LogP) is 3.84. The van der Waals surface area contributed by atoms with E-state index < -0.39 is 34.2 Å². The third kappa shape index (κ3) is 5.63. The average Bonchev–Trinajstić information content (AvgIpc) is 2.75. The third-order valence-corrected chi connectivity index (χ3v) is 5.20. The van der Waals surface area contributed by atoms with Crippen LogP contribution in [0.2, 0.25) is 0 Å². The van der Waals surface area contributed by atoms with Crippen LogP contribution in [-0.4, -0.2) is 31.1 Å². The summed E-state index contributed by atoms with van der Waals surface area (Å²) in [6.07, 6.45) is -6.91. The molecule has 0 radical (unpaired) electrons. The number of ether oxygens (including phenoxy) is 1. The lowest BCUT2D eigenvalue weighted by molar-refractivity contribution is -0.198. The Kier molecular flexibility index (Phi) is 6.81. The number of fused-ring (bicyclic) bond motifs is 1. The van der Waals surface area contributed by atoms with Crippen LogP contribution in [0, 0.1) is 11.3 Å². The Morgan fingerprint density at radius 3 is 2.44 bits per heavy atom. The van der Waals surface area contributed by atoms with Crippen LogP contribution in [0.25, 0.3) is 11.0 Å². The molecule has 0 bridgehead atoms. The molecule has 0 aliphatic rings. The van der Waals surface area contributed by atoms with Crippen LogP contribution >= 0.6 is 0 Å². The number of hydrogen-bond acceptors (Lipinski definition) is 6. The van der Waals surface area contributed by atoms with E-state index in [1.807, 2.05) is 0 Å². The highest BCUT2D eigenvalue weighted by molar-refractivity contribution is 7.90. The van der Waals surface area contributed by atoms with Crippen molar-refractivity contribution in [2.75, 3.05) is 11.3 Å². The van der Waals surface area contributed by atoms with E-state index in [-0.39, 0.29) is 28.7 Å². The molecule has 0 amide bonds. The van der Waals surface area contributed by atoms with Gasteiger partial charge in [0.25, 0.3) is 16.1 Å². The van der Waals surface area contributed by atoms with Crippen LogP contribution in [0.15, 0.2) is 48.5 Å². The number of aromatic nitrogens is 2. The van der Waals surface area contributed by atoms with Crippen molar-refractivity contribution < 1.29 is 26.3 Å². The molecular weight excluding hydrogens is 447 g/mol. The highest BCUT2D eigenvalue weighted by Crippen LogP contribution is 2.38. The quantitative estimate of drug-likeness (QED) is 0.522. The van der Waals surface area contributed by atoms with Gasteiger partial charge in [-0.2, -0.15) is 31.6 Å². The van der Waals surface area contributed by atoms with Crippen molar-refractivity contribution in [3.05, 3.63) is 59.7 Å². The fraction of sp³-hybridized carbons (Fsp3) is 0.250. The number of nitriles is 1. The minimum Gasteiger partial charge on any atom is -0.457 e. The number of benzene rings is 2. The van der Waals surface area contributed by atoms with E-state index >= 15 is 0 Å². The summed E-state index contributed by atoms with van der Waals surface area (Å²) in [6, 6.07) is 12.9. The summed E-state index contributed by atoms with van der Waals surface area (Å²) in [5, 5.41) is 9.02. The average molecular weight is 465 g/mol. The monoisotopic (exact) mass is 465 g/mol. The number of nitrogens with zero attached hydrogens (tertiary/aromatic N) is 3. The Bertz CT molecular complexity index is 1260. The molecule has 2 aromatic carbocycles. The molecule has 1 heterocycles. The second-order valence-electron chi connectivity index (χ2n) is 6.64. The molecule has 12 heteroatoms. The zero-order valence-corrected chi connectivity index (χ0v) is 17.5. The second kappa shape index (κ2) is 9.37. The first-order valence-corrected chi connectivity index (χ1v) is 10.9. The maximum Gasteiger partial charge on any atom is 0.429 e. The molecule has 8 nitrogen and oxygen atoms in total.